The van der Waals surface area contributed by atoms with Crippen LogP contribution in [0.5, 0.6) is 0 Å². The summed E-state index contributed by atoms with van der Waals surface area (Å²) in [6, 6.07) is 5.27. The summed E-state index contributed by atoms with van der Waals surface area (Å²) in [5.41, 5.74) is 0.698. The fourth-order valence-electron chi connectivity index (χ4n) is 5.19. The second-order valence-corrected chi connectivity index (χ2v) is 9.12. The first-order valence-electron chi connectivity index (χ1n) is 10.5. The maximum Gasteiger partial charge on any atom is 0.322 e. The van der Waals surface area contributed by atoms with Crippen molar-refractivity contribution in [2.45, 2.75) is 43.7 Å². The third-order valence-corrected chi connectivity index (χ3v) is 7.14. The zero-order valence-electron chi connectivity index (χ0n) is 18.3. The Hall–Kier alpha value is -2.74. The molecule has 2 heterocycles. The Labute approximate surface area is 180 Å². The minimum atomic E-state index is -0.585. The molecule has 2 amide bonds. The van der Waals surface area contributed by atoms with Crippen LogP contribution in [0.3, 0.4) is 0 Å². The molecular formula is C23H28F2N4O2. The SMILES string of the molecule is Cc1c(N2CC3(CCC(c4cc(F)cc(F)c4)(N(C)C)CC3)NC2=O)ccn(C)c1=O. The molecule has 1 spiro atoms. The molecule has 0 atom stereocenters. The van der Waals surface area contributed by atoms with E-state index in [4.69, 9.17) is 0 Å². The molecule has 0 bridgehead atoms. The summed E-state index contributed by atoms with van der Waals surface area (Å²) in [7, 11) is 5.52. The number of urea groups is 1. The molecule has 1 aliphatic heterocycles. The number of carbonyl (C=O) groups is 1. The number of carbonyl (C=O) groups excluding carboxylic acids is 1. The lowest BCUT2D eigenvalue weighted by Gasteiger charge is -2.48. The van der Waals surface area contributed by atoms with Gasteiger partial charge in [0.2, 0.25) is 0 Å². The largest absolute Gasteiger partial charge is 0.330 e. The van der Waals surface area contributed by atoms with E-state index < -0.39 is 22.7 Å². The van der Waals surface area contributed by atoms with E-state index in [9.17, 15) is 18.4 Å². The van der Waals surface area contributed by atoms with Gasteiger partial charge < -0.3 is 9.88 Å². The predicted octanol–water partition coefficient (Wildman–Crippen LogP) is 3.27. The Morgan fingerprint density at radius 2 is 1.65 bits per heavy atom. The smallest absolute Gasteiger partial charge is 0.322 e. The number of aryl methyl sites for hydroxylation is 1. The number of nitrogens with one attached hydrogen (secondary N) is 1. The van der Waals surface area contributed by atoms with E-state index in [-0.39, 0.29) is 11.6 Å². The Morgan fingerprint density at radius 1 is 1.03 bits per heavy atom. The number of hydrogen-bond donors (Lipinski definition) is 1. The first kappa shape index (κ1) is 21.5. The molecule has 6 nitrogen and oxygen atoms in total. The molecule has 2 aliphatic rings. The van der Waals surface area contributed by atoms with E-state index in [2.05, 4.69) is 5.32 Å². The van der Waals surface area contributed by atoms with Gasteiger partial charge >= 0.3 is 6.03 Å². The molecule has 166 valence electrons. The second-order valence-electron chi connectivity index (χ2n) is 9.12. The number of amides is 2. The highest BCUT2D eigenvalue weighted by Gasteiger charge is 2.50. The summed E-state index contributed by atoms with van der Waals surface area (Å²) in [6.07, 6.45) is 4.28. The van der Waals surface area contributed by atoms with Crippen LogP contribution in [-0.4, -0.2) is 41.7 Å². The Morgan fingerprint density at radius 3 is 2.23 bits per heavy atom. The van der Waals surface area contributed by atoms with Crippen molar-refractivity contribution in [2.75, 3.05) is 25.5 Å². The zero-order chi connectivity index (χ0) is 22.6. The van der Waals surface area contributed by atoms with Gasteiger partial charge in [0.1, 0.15) is 11.6 Å². The lowest BCUT2D eigenvalue weighted by atomic mass is 9.69. The molecule has 1 saturated heterocycles. The molecule has 2 fully saturated rings. The summed E-state index contributed by atoms with van der Waals surface area (Å²) >= 11 is 0. The van der Waals surface area contributed by atoms with Gasteiger partial charge in [-0.3, -0.25) is 14.6 Å². The third-order valence-electron chi connectivity index (χ3n) is 7.14. The number of anilines is 1. The number of hydrogen-bond acceptors (Lipinski definition) is 3. The first-order valence-corrected chi connectivity index (χ1v) is 10.5. The van der Waals surface area contributed by atoms with Gasteiger partial charge in [-0.2, -0.15) is 0 Å². The Bertz CT molecular complexity index is 1070. The lowest BCUT2D eigenvalue weighted by molar-refractivity contribution is 0.0652. The van der Waals surface area contributed by atoms with Crippen LogP contribution >= 0.6 is 0 Å². The highest BCUT2D eigenvalue weighted by atomic mass is 19.1. The van der Waals surface area contributed by atoms with E-state index in [1.165, 1.54) is 16.7 Å². The van der Waals surface area contributed by atoms with Crippen molar-refractivity contribution < 1.29 is 13.6 Å². The van der Waals surface area contributed by atoms with E-state index in [1.807, 2.05) is 19.0 Å². The van der Waals surface area contributed by atoms with Gasteiger partial charge in [-0.05, 0) is 70.5 Å². The van der Waals surface area contributed by atoms with Crippen LogP contribution in [0.1, 0.15) is 36.8 Å². The van der Waals surface area contributed by atoms with E-state index in [1.54, 1.807) is 31.1 Å². The van der Waals surface area contributed by atoms with Gasteiger partial charge in [0, 0.05) is 30.4 Å². The topological polar surface area (TPSA) is 57.6 Å². The predicted molar refractivity (Wildman–Crippen MR) is 115 cm³/mol. The van der Waals surface area contributed by atoms with E-state index in [0.29, 0.717) is 49.0 Å². The molecule has 4 rings (SSSR count). The molecule has 31 heavy (non-hydrogen) atoms. The molecule has 0 unspecified atom stereocenters. The van der Waals surface area contributed by atoms with Gasteiger partial charge in [-0.25, -0.2) is 13.6 Å². The monoisotopic (exact) mass is 430 g/mol. The van der Waals surface area contributed by atoms with Gasteiger partial charge in [-0.1, -0.05) is 0 Å². The molecule has 1 aliphatic carbocycles. The molecule has 0 radical (unpaired) electrons. The lowest BCUT2D eigenvalue weighted by Crippen LogP contribution is -2.54. The van der Waals surface area contributed by atoms with Gasteiger partial charge in [0.15, 0.2) is 0 Å². The van der Waals surface area contributed by atoms with Crippen LogP contribution in [0.2, 0.25) is 0 Å². The number of rotatable bonds is 3. The Balaban J connectivity index is 1.61. The van der Waals surface area contributed by atoms with Crippen LogP contribution in [0.4, 0.5) is 19.3 Å². The highest BCUT2D eigenvalue weighted by molar-refractivity contribution is 5.96. The number of aromatic nitrogens is 1. The molecule has 1 N–H and O–H groups in total. The second kappa shape index (κ2) is 7.44. The minimum Gasteiger partial charge on any atom is -0.330 e. The van der Waals surface area contributed by atoms with Crippen molar-refractivity contribution in [1.29, 1.82) is 0 Å². The number of pyridine rings is 1. The van der Waals surface area contributed by atoms with Crippen molar-refractivity contribution in [3.8, 4) is 0 Å². The molecule has 1 aromatic carbocycles. The van der Waals surface area contributed by atoms with E-state index in [0.717, 1.165) is 6.07 Å². The molecule has 1 saturated carbocycles. The standard InChI is InChI=1S/C23H28F2N4O2/c1-15-19(5-10-28(4)20(15)30)29-14-22(26-21(29)31)6-8-23(9-7-22,27(2)3)16-11-17(24)13-18(25)12-16/h5,10-13H,6-9,14H2,1-4H3,(H,26,31). The van der Waals surface area contributed by atoms with Crippen LogP contribution in [0.15, 0.2) is 35.3 Å². The summed E-state index contributed by atoms with van der Waals surface area (Å²) in [5, 5.41) is 3.14. The summed E-state index contributed by atoms with van der Waals surface area (Å²) in [4.78, 5) is 28.8. The molecule has 1 aromatic heterocycles. The number of benzene rings is 1. The van der Waals surface area contributed by atoms with Crippen molar-refractivity contribution in [3.63, 3.8) is 0 Å². The fourth-order valence-corrected chi connectivity index (χ4v) is 5.19. The number of halogens is 2. The Kier molecular flexibility index (Phi) is 5.16. The average molecular weight is 430 g/mol. The van der Waals surface area contributed by atoms with Gasteiger partial charge in [0.05, 0.1) is 17.8 Å². The maximum absolute atomic E-state index is 14.0. The highest BCUT2D eigenvalue weighted by Crippen LogP contribution is 2.46. The normalized spacial score (nSPS) is 26.0. The summed E-state index contributed by atoms with van der Waals surface area (Å²) in [6.45, 7) is 2.19. The number of nitrogens with zero attached hydrogens (tertiary/aromatic N) is 3. The van der Waals surface area contributed by atoms with Crippen LogP contribution in [0, 0.1) is 18.6 Å². The maximum atomic E-state index is 14.0. The third kappa shape index (κ3) is 3.52. The minimum absolute atomic E-state index is 0.130. The van der Waals surface area contributed by atoms with Crippen molar-refractivity contribution in [3.05, 3.63) is 63.6 Å². The van der Waals surface area contributed by atoms with Gasteiger partial charge in [-0.15, -0.1) is 0 Å². The van der Waals surface area contributed by atoms with Crippen molar-refractivity contribution in [2.24, 2.45) is 7.05 Å². The van der Waals surface area contributed by atoms with Crippen LogP contribution in [0.25, 0.3) is 0 Å². The fraction of sp³-hybridized carbons (Fsp3) is 0.478. The van der Waals surface area contributed by atoms with Crippen molar-refractivity contribution in [1.82, 2.24) is 14.8 Å². The quantitative estimate of drug-likeness (QED) is 0.813. The van der Waals surface area contributed by atoms with Crippen LogP contribution in [-0.2, 0) is 12.6 Å². The first-order chi connectivity index (χ1) is 14.6. The molecular weight excluding hydrogens is 402 g/mol. The summed E-state index contributed by atoms with van der Waals surface area (Å²) < 4.78 is 29.4. The summed E-state index contributed by atoms with van der Waals surface area (Å²) in [5.74, 6) is -1.17. The molecule has 2 aromatic rings. The average Bonchev–Trinajstić information content (AvgIpc) is 3.02. The zero-order valence-corrected chi connectivity index (χ0v) is 18.3. The van der Waals surface area contributed by atoms with E-state index >= 15 is 0 Å². The molecule has 8 heteroatoms. The van der Waals surface area contributed by atoms with Crippen LogP contribution < -0.4 is 15.8 Å². The van der Waals surface area contributed by atoms with Crippen molar-refractivity contribution >= 4 is 11.7 Å². The van der Waals surface area contributed by atoms with Gasteiger partial charge in [0.25, 0.3) is 5.56 Å².